The van der Waals surface area contributed by atoms with Gasteiger partial charge in [0.2, 0.25) is 0 Å². The van der Waals surface area contributed by atoms with E-state index >= 15 is 0 Å². The fourth-order valence-electron chi connectivity index (χ4n) is 2.27. The molecular weight excluding hydrogens is 250 g/mol. The molecular formula is C15H11N5. The Balaban J connectivity index is 2.10. The Kier molecular flexibility index (Phi) is 2.26. The van der Waals surface area contributed by atoms with Crippen molar-refractivity contribution in [3.63, 3.8) is 0 Å². The van der Waals surface area contributed by atoms with E-state index in [0.717, 1.165) is 28.1 Å². The van der Waals surface area contributed by atoms with Gasteiger partial charge in [-0.1, -0.05) is 18.2 Å². The number of aromatic nitrogens is 5. The van der Waals surface area contributed by atoms with Gasteiger partial charge in [-0.25, -0.2) is 19.6 Å². The number of benzene rings is 1. The summed E-state index contributed by atoms with van der Waals surface area (Å²) >= 11 is 0. The van der Waals surface area contributed by atoms with Gasteiger partial charge in [-0.15, -0.1) is 0 Å². The molecule has 0 fully saturated rings. The zero-order valence-corrected chi connectivity index (χ0v) is 10.9. The number of hydrogen-bond donors (Lipinski definition) is 0. The van der Waals surface area contributed by atoms with Crippen LogP contribution >= 0.6 is 0 Å². The van der Waals surface area contributed by atoms with Crippen molar-refractivity contribution in [3.8, 4) is 5.69 Å². The van der Waals surface area contributed by atoms with E-state index < -0.39 is 0 Å². The van der Waals surface area contributed by atoms with Crippen LogP contribution in [0, 0.1) is 6.92 Å². The van der Waals surface area contributed by atoms with Crippen LogP contribution in [0.25, 0.3) is 28.0 Å². The van der Waals surface area contributed by atoms with Gasteiger partial charge in [-0.3, -0.25) is 0 Å². The molecule has 0 radical (unpaired) electrons. The second kappa shape index (κ2) is 4.09. The average Bonchev–Trinajstić information content (AvgIpc) is 2.83. The van der Waals surface area contributed by atoms with Crippen LogP contribution in [-0.2, 0) is 0 Å². The monoisotopic (exact) mass is 261 g/mol. The zero-order valence-electron chi connectivity index (χ0n) is 10.9. The van der Waals surface area contributed by atoms with Crippen LogP contribution in [0.2, 0.25) is 0 Å². The number of pyridine rings is 1. The van der Waals surface area contributed by atoms with Gasteiger partial charge >= 0.3 is 0 Å². The molecule has 0 saturated heterocycles. The van der Waals surface area contributed by atoms with Crippen LogP contribution in [0.15, 0.2) is 48.7 Å². The van der Waals surface area contributed by atoms with E-state index in [4.69, 9.17) is 0 Å². The van der Waals surface area contributed by atoms with Gasteiger partial charge in [-0.05, 0) is 31.2 Å². The van der Waals surface area contributed by atoms with Crippen LogP contribution in [0.4, 0.5) is 0 Å². The van der Waals surface area contributed by atoms with Crippen molar-refractivity contribution in [3.05, 3.63) is 54.4 Å². The number of para-hydroxylation sites is 1. The SMILES string of the molecule is Cc1nn(-c2ccccc2)c2nc3cccnc3nc12. The third-order valence-electron chi connectivity index (χ3n) is 3.22. The summed E-state index contributed by atoms with van der Waals surface area (Å²) in [7, 11) is 0. The molecule has 5 heteroatoms. The molecule has 5 nitrogen and oxygen atoms in total. The minimum atomic E-state index is 0.649. The van der Waals surface area contributed by atoms with Gasteiger partial charge in [0.25, 0.3) is 0 Å². The molecule has 0 aliphatic carbocycles. The van der Waals surface area contributed by atoms with Crippen LogP contribution in [0.1, 0.15) is 5.69 Å². The van der Waals surface area contributed by atoms with Gasteiger partial charge < -0.3 is 0 Å². The minimum absolute atomic E-state index is 0.649. The molecule has 0 atom stereocenters. The Bertz CT molecular complexity index is 912. The maximum absolute atomic E-state index is 4.65. The summed E-state index contributed by atoms with van der Waals surface area (Å²) in [5.41, 5.74) is 4.80. The van der Waals surface area contributed by atoms with Gasteiger partial charge in [0.05, 0.1) is 11.4 Å². The van der Waals surface area contributed by atoms with Crippen molar-refractivity contribution in [2.75, 3.05) is 0 Å². The lowest BCUT2D eigenvalue weighted by molar-refractivity contribution is 0.879. The lowest BCUT2D eigenvalue weighted by atomic mass is 10.3. The van der Waals surface area contributed by atoms with Crippen LogP contribution in [0.3, 0.4) is 0 Å². The minimum Gasteiger partial charge on any atom is -0.235 e. The van der Waals surface area contributed by atoms with E-state index in [0.29, 0.717) is 5.65 Å². The molecule has 0 aliphatic rings. The highest BCUT2D eigenvalue weighted by Crippen LogP contribution is 2.20. The van der Waals surface area contributed by atoms with Crippen molar-refractivity contribution in [2.24, 2.45) is 0 Å². The Labute approximate surface area is 114 Å². The van der Waals surface area contributed by atoms with E-state index in [1.807, 2.05) is 54.1 Å². The molecule has 0 spiro atoms. The number of aryl methyl sites for hydroxylation is 1. The molecule has 20 heavy (non-hydrogen) atoms. The van der Waals surface area contributed by atoms with Crippen LogP contribution in [0.5, 0.6) is 0 Å². The summed E-state index contributed by atoms with van der Waals surface area (Å²) in [6.07, 6.45) is 1.72. The molecule has 3 heterocycles. The van der Waals surface area contributed by atoms with Crippen LogP contribution in [-0.4, -0.2) is 24.7 Å². The van der Waals surface area contributed by atoms with E-state index in [2.05, 4.69) is 20.1 Å². The van der Waals surface area contributed by atoms with Crippen molar-refractivity contribution >= 4 is 22.3 Å². The van der Waals surface area contributed by atoms with Crippen molar-refractivity contribution in [1.29, 1.82) is 0 Å². The first-order chi connectivity index (χ1) is 9.83. The summed E-state index contributed by atoms with van der Waals surface area (Å²) in [4.78, 5) is 13.5. The second-order valence-electron chi connectivity index (χ2n) is 4.57. The molecule has 4 aromatic rings. The topological polar surface area (TPSA) is 56.5 Å². The normalized spacial score (nSPS) is 11.2. The molecule has 96 valence electrons. The zero-order chi connectivity index (χ0) is 13.5. The molecule has 0 amide bonds. The quantitative estimate of drug-likeness (QED) is 0.528. The summed E-state index contributed by atoms with van der Waals surface area (Å²) in [5, 5.41) is 4.55. The molecule has 1 aromatic carbocycles. The predicted octanol–water partition coefficient (Wildman–Crippen LogP) is 2.67. The van der Waals surface area contributed by atoms with Crippen molar-refractivity contribution < 1.29 is 0 Å². The number of hydrogen-bond acceptors (Lipinski definition) is 4. The highest BCUT2D eigenvalue weighted by atomic mass is 15.3. The smallest absolute Gasteiger partial charge is 0.182 e. The first-order valence-corrected chi connectivity index (χ1v) is 6.36. The van der Waals surface area contributed by atoms with E-state index in [1.54, 1.807) is 6.20 Å². The van der Waals surface area contributed by atoms with Crippen molar-refractivity contribution in [2.45, 2.75) is 6.92 Å². The molecule has 0 saturated carbocycles. The first-order valence-electron chi connectivity index (χ1n) is 6.36. The van der Waals surface area contributed by atoms with E-state index in [-0.39, 0.29) is 0 Å². The standard InChI is InChI=1S/C15H11N5/c1-10-13-15(17-12-8-5-9-16-14(12)18-13)20(19-10)11-6-3-2-4-7-11/h2-9H,1H3. The van der Waals surface area contributed by atoms with Gasteiger partial charge in [0.15, 0.2) is 11.3 Å². The lowest BCUT2D eigenvalue weighted by Gasteiger charge is -2.02. The first kappa shape index (κ1) is 11.0. The van der Waals surface area contributed by atoms with Crippen LogP contribution < -0.4 is 0 Å². The third-order valence-corrected chi connectivity index (χ3v) is 3.22. The summed E-state index contributed by atoms with van der Waals surface area (Å²) < 4.78 is 1.82. The fraction of sp³-hybridized carbons (Fsp3) is 0.0667. The van der Waals surface area contributed by atoms with E-state index in [9.17, 15) is 0 Å². The predicted molar refractivity (Wildman–Crippen MR) is 76.7 cm³/mol. The molecule has 3 aromatic heterocycles. The fourth-order valence-corrected chi connectivity index (χ4v) is 2.27. The summed E-state index contributed by atoms with van der Waals surface area (Å²) in [6.45, 7) is 1.94. The molecule has 0 aliphatic heterocycles. The van der Waals surface area contributed by atoms with Gasteiger partial charge in [0, 0.05) is 6.20 Å². The van der Waals surface area contributed by atoms with Crippen molar-refractivity contribution in [1.82, 2.24) is 24.7 Å². The molecule has 0 unspecified atom stereocenters. The highest BCUT2D eigenvalue weighted by molar-refractivity contribution is 5.84. The maximum atomic E-state index is 4.65. The maximum Gasteiger partial charge on any atom is 0.182 e. The van der Waals surface area contributed by atoms with Gasteiger partial charge in [-0.2, -0.15) is 5.10 Å². The highest BCUT2D eigenvalue weighted by Gasteiger charge is 2.13. The van der Waals surface area contributed by atoms with E-state index in [1.165, 1.54) is 0 Å². The Hall–Kier alpha value is -2.82. The average molecular weight is 261 g/mol. The lowest BCUT2D eigenvalue weighted by Crippen LogP contribution is -1.98. The van der Waals surface area contributed by atoms with Gasteiger partial charge in [0.1, 0.15) is 11.0 Å². The molecule has 4 rings (SSSR count). The Morgan fingerprint density at radius 2 is 1.80 bits per heavy atom. The number of rotatable bonds is 1. The molecule has 0 N–H and O–H groups in total. The summed E-state index contributed by atoms with van der Waals surface area (Å²) in [5.74, 6) is 0. The number of nitrogens with zero attached hydrogens (tertiary/aromatic N) is 5. The third kappa shape index (κ3) is 1.56. The molecule has 0 bridgehead atoms. The summed E-state index contributed by atoms with van der Waals surface area (Å²) in [6, 6.07) is 13.7. The largest absolute Gasteiger partial charge is 0.235 e. The number of fused-ring (bicyclic) bond motifs is 2. The second-order valence-corrected chi connectivity index (χ2v) is 4.57. The Morgan fingerprint density at radius 1 is 0.950 bits per heavy atom. The Morgan fingerprint density at radius 3 is 2.65 bits per heavy atom.